The number of benzene rings is 1. The van der Waals surface area contributed by atoms with Crippen molar-refractivity contribution in [2.45, 2.75) is 25.7 Å². The molecule has 1 aromatic rings. The lowest BCUT2D eigenvalue weighted by atomic mass is 9.85. The van der Waals surface area contributed by atoms with Crippen LogP contribution in [-0.4, -0.2) is 45.0 Å². The third-order valence-corrected chi connectivity index (χ3v) is 5.17. The molecular formula is C18H25NO3. The molecule has 1 aromatic carbocycles. The van der Waals surface area contributed by atoms with Gasteiger partial charge in [0.1, 0.15) is 0 Å². The fourth-order valence-corrected chi connectivity index (χ4v) is 3.79. The van der Waals surface area contributed by atoms with Crippen molar-refractivity contribution in [2.24, 2.45) is 11.8 Å². The number of nitrogens with zero attached hydrogens (tertiary/aromatic N) is 1. The lowest BCUT2D eigenvalue weighted by Crippen LogP contribution is -2.31. The summed E-state index contributed by atoms with van der Waals surface area (Å²) in [7, 11) is 5.42. The van der Waals surface area contributed by atoms with Gasteiger partial charge in [-0.1, -0.05) is 0 Å². The van der Waals surface area contributed by atoms with E-state index in [2.05, 4.69) is 11.9 Å². The molecule has 0 amide bonds. The topological polar surface area (TPSA) is 38.8 Å². The van der Waals surface area contributed by atoms with Crippen LogP contribution >= 0.6 is 0 Å². The first-order valence-electron chi connectivity index (χ1n) is 8.10. The van der Waals surface area contributed by atoms with E-state index in [1.807, 2.05) is 12.1 Å². The van der Waals surface area contributed by atoms with Gasteiger partial charge in [0.05, 0.1) is 14.2 Å². The normalized spacial score (nSPS) is 22.7. The quantitative estimate of drug-likeness (QED) is 0.857. The van der Waals surface area contributed by atoms with E-state index in [9.17, 15) is 4.79 Å². The molecule has 3 rings (SSSR count). The van der Waals surface area contributed by atoms with Crippen LogP contribution in [0.4, 0.5) is 0 Å². The summed E-state index contributed by atoms with van der Waals surface area (Å²) in [6.45, 7) is 2.31. The Kier molecular flexibility index (Phi) is 4.39. The molecule has 0 N–H and O–H groups in total. The standard InChI is InChI=1S/C18H25NO3/c1-19-6-4-12(5-7-19)8-14-9-13-10-16(21-2)17(22-3)11-15(13)18(14)20/h10-12,14H,4-9H2,1-3H3. The zero-order valence-electron chi connectivity index (χ0n) is 13.7. The smallest absolute Gasteiger partial charge is 0.166 e. The minimum atomic E-state index is 0.139. The fraction of sp³-hybridized carbons (Fsp3) is 0.611. The van der Waals surface area contributed by atoms with Crippen molar-refractivity contribution in [3.63, 3.8) is 0 Å². The fourth-order valence-electron chi connectivity index (χ4n) is 3.79. The highest BCUT2D eigenvalue weighted by atomic mass is 16.5. The second kappa shape index (κ2) is 6.29. The number of hydrogen-bond acceptors (Lipinski definition) is 4. The summed E-state index contributed by atoms with van der Waals surface area (Å²) in [5.74, 6) is 2.47. The maximum Gasteiger partial charge on any atom is 0.166 e. The van der Waals surface area contributed by atoms with Gasteiger partial charge in [-0.05, 0) is 69.4 Å². The molecule has 1 aliphatic carbocycles. The van der Waals surface area contributed by atoms with E-state index >= 15 is 0 Å². The first-order chi connectivity index (χ1) is 10.6. The van der Waals surface area contributed by atoms with Gasteiger partial charge in [0.2, 0.25) is 0 Å². The van der Waals surface area contributed by atoms with Crippen LogP contribution in [0.15, 0.2) is 12.1 Å². The number of carbonyl (C=O) groups excluding carboxylic acids is 1. The zero-order valence-corrected chi connectivity index (χ0v) is 13.7. The van der Waals surface area contributed by atoms with Crippen LogP contribution in [-0.2, 0) is 6.42 Å². The Bertz CT molecular complexity index is 562. The Morgan fingerprint density at radius 3 is 2.41 bits per heavy atom. The van der Waals surface area contributed by atoms with Crippen molar-refractivity contribution in [1.29, 1.82) is 0 Å². The molecule has 2 aliphatic rings. The Balaban J connectivity index is 1.73. The maximum atomic E-state index is 12.7. The first-order valence-corrected chi connectivity index (χ1v) is 8.10. The molecule has 1 atom stereocenters. The average Bonchev–Trinajstić information content (AvgIpc) is 2.83. The van der Waals surface area contributed by atoms with Gasteiger partial charge in [-0.25, -0.2) is 0 Å². The number of ether oxygens (including phenoxy) is 2. The van der Waals surface area contributed by atoms with Crippen LogP contribution < -0.4 is 9.47 Å². The zero-order chi connectivity index (χ0) is 15.7. The van der Waals surface area contributed by atoms with Gasteiger partial charge in [0, 0.05) is 11.5 Å². The van der Waals surface area contributed by atoms with Crippen molar-refractivity contribution in [3.8, 4) is 11.5 Å². The Morgan fingerprint density at radius 2 is 1.77 bits per heavy atom. The minimum Gasteiger partial charge on any atom is -0.493 e. The largest absolute Gasteiger partial charge is 0.493 e. The monoisotopic (exact) mass is 303 g/mol. The predicted molar refractivity (Wildman–Crippen MR) is 85.9 cm³/mol. The molecule has 1 heterocycles. The van der Waals surface area contributed by atoms with Crippen molar-refractivity contribution < 1.29 is 14.3 Å². The SMILES string of the molecule is COc1cc2c(cc1OC)C(=O)C(CC1CCN(C)CC1)C2. The van der Waals surface area contributed by atoms with Gasteiger partial charge < -0.3 is 14.4 Å². The minimum absolute atomic E-state index is 0.139. The van der Waals surface area contributed by atoms with Gasteiger partial charge in [-0.3, -0.25) is 4.79 Å². The molecule has 1 saturated heterocycles. The number of fused-ring (bicyclic) bond motifs is 1. The molecular weight excluding hydrogens is 278 g/mol. The van der Waals surface area contributed by atoms with E-state index in [-0.39, 0.29) is 11.7 Å². The molecule has 1 fully saturated rings. The average molecular weight is 303 g/mol. The molecule has 1 aliphatic heterocycles. The molecule has 0 spiro atoms. The highest BCUT2D eigenvalue weighted by Crippen LogP contribution is 2.39. The number of hydrogen-bond donors (Lipinski definition) is 0. The number of carbonyl (C=O) groups is 1. The number of piperidine rings is 1. The Morgan fingerprint density at radius 1 is 1.14 bits per heavy atom. The third kappa shape index (κ3) is 2.84. The molecule has 1 unspecified atom stereocenters. The second-order valence-corrected chi connectivity index (χ2v) is 6.61. The van der Waals surface area contributed by atoms with Gasteiger partial charge in [0.25, 0.3) is 0 Å². The van der Waals surface area contributed by atoms with E-state index in [4.69, 9.17) is 9.47 Å². The van der Waals surface area contributed by atoms with Crippen LogP contribution in [0.2, 0.25) is 0 Å². The molecule has 4 heteroatoms. The molecule has 4 nitrogen and oxygen atoms in total. The van der Waals surface area contributed by atoms with E-state index < -0.39 is 0 Å². The van der Waals surface area contributed by atoms with E-state index in [1.54, 1.807) is 14.2 Å². The number of likely N-dealkylation sites (tertiary alicyclic amines) is 1. The van der Waals surface area contributed by atoms with Crippen molar-refractivity contribution in [3.05, 3.63) is 23.3 Å². The second-order valence-electron chi connectivity index (χ2n) is 6.61. The summed E-state index contributed by atoms with van der Waals surface area (Å²) in [5, 5.41) is 0. The van der Waals surface area contributed by atoms with Crippen molar-refractivity contribution in [1.82, 2.24) is 4.90 Å². The van der Waals surface area contributed by atoms with Gasteiger partial charge >= 0.3 is 0 Å². The summed E-state index contributed by atoms with van der Waals surface area (Å²) in [6.07, 6.45) is 4.29. The van der Waals surface area contributed by atoms with Crippen LogP contribution in [0.25, 0.3) is 0 Å². The first kappa shape index (κ1) is 15.3. The molecule has 0 saturated carbocycles. The summed E-state index contributed by atoms with van der Waals surface area (Å²) < 4.78 is 10.7. The van der Waals surface area contributed by atoms with Gasteiger partial charge in [0.15, 0.2) is 17.3 Å². The number of ketones is 1. The highest BCUT2D eigenvalue weighted by molar-refractivity contribution is 6.02. The van der Waals surface area contributed by atoms with Crippen LogP contribution in [0.3, 0.4) is 0 Å². The summed E-state index contributed by atoms with van der Waals surface area (Å²) in [4.78, 5) is 15.1. The molecule has 22 heavy (non-hydrogen) atoms. The maximum absolute atomic E-state index is 12.7. The summed E-state index contributed by atoms with van der Waals surface area (Å²) >= 11 is 0. The summed E-state index contributed by atoms with van der Waals surface area (Å²) in [5.41, 5.74) is 1.94. The van der Waals surface area contributed by atoms with Gasteiger partial charge in [-0.2, -0.15) is 0 Å². The van der Waals surface area contributed by atoms with Crippen molar-refractivity contribution in [2.75, 3.05) is 34.4 Å². The molecule has 0 bridgehead atoms. The Labute approximate surface area is 132 Å². The third-order valence-electron chi connectivity index (χ3n) is 5.17. The predicted octanol–water partition coefficient (Wildman–Crippen LogP) is 2.79. The molecule has 120 valence electrons. The molecule has 0 radical (unpaired) electrons. The van der Waals surface area contributed by atoms with E-state index in [0.717, 1.165) is 37.1 Å². The van der Waals surface area contributed by atoms with Crippen LogP contribution in [0.5, 0.6) is 11.5 Å². The van der Waals surface area contributed by atoms with E-state index in [0.29, 0.717) is 17.4 Å². The van der Waals surface area contributed by atoms with Crippen LogP contribution in [0, 0.1) is 11.8 Å². The lowest BCUT2D eigenvalue weighted by molar-refractivity contribution is 0.0903. The number of rotatable bonds is 4. The van der Waals surface area contributed by atoms with E-state index in [1.165, 1.54) is 12.8 Å². The van der Waals surface area contributed by atoms with Gasteiger partial charge in [-0.15, -0.1) is 0 Å². The Hall–Kier alpha value is -1.55. The van der Waals surface area contributed by atoms with Crippen molar-refractivity contribution >= 4 is 5.78 Å². The summed E-state index contributed by atoms with van der Waals surface area (Å²) in [6, 6.07) is 3.83. The highest BCUT2D eigenvalue weighted by Gasteiger charge is 2.34. The number of methoxy groups -OCH3 is 2. The lowest BCUT2D eigenvalue weighted by Gasteiger charge is -2.30. The van der Waals surface area contributed by atoms with Crippen LogP contribution in [0.1, 0.15) is 35.2 Å². The molecule has 0 aromatic heterocycles. The number of Topliss-reactive ketones (excluding diaryl/α,β-unsaturated/α-hetero) is 1.